The van der Waals surface area contributed by atoms with Gasteiger partial charge in [0.25, 0.3) is 0 Å². The Balaban J connectivity index is 0.00000144. The maximum absolute atomic E-state index is 12.5. The Kier molecular flexibility index (Phi) is 5.62. The van der Waals surface area contributed by atoms with Gasteiger partial charge in [-0.05, 0) is 17.7 Å². The third kappa shape index (κ3) is 3.30. The second-order valence-electron chi connectivity index (χ2n) is 2.67. The molecule has 0 fully saturated rings. The minimum absolute atomic E-state index is 0. The van der Waals surface area contributed by atoms with E-state index in [0.717, 1.165) is 5.56 Å². The molecule has 3 N–H and O–H groups in total. The lowest BCUT2D eigenvalue weighted by molar-refractivity contribution is 0.268. The van der Waals surface area contributed by atoms with Gasteiger partial charge in [0.15, 0.2) is 0 Å². The quantitative estimate of drug-likeness (QED) is 0.781. The van der Waals surface area contributed by atoms with Crippen LogP contribution >= 0.6 is 12.4 Å². The van der Waals surface area contributed by atoms with Gasteiger partial charge in [0, 0.05) is 12.5 Å². The molecule has 1 aromatic rings. The molecule has 0 aliphatic heterocycles. The smallest absolute Gasteiger partial charge is 0.123 e. The molecular formula is C9H13ClFNO. The van der Waals surface area contributed by atoms with Crippen LogP contribution in [0.25, 0.3) is 0 Å². The number of rotatable bonds is 3. The first-order valence-corrected chi connectivity index (χ1v) is 3.84. The molecule has 0 amide bonds. The predicted molar refractivity (Wildman–Crippen MR) is 52.5 cm³/mol. The van der Waals surface area contributed by atoms with E-state index in [9.17, 15) is 4.39 Å². The molecule has 0 unspecified atom stereocenters. The van der Waals surface area contributed by atoms with Gasteiger partial charge < -0.3 is 10.8 Å². The number of nitrogens with two attached hydrogens (primary N) is 1. The van der Waals surface area contributed by atoms with E-state index in [1.54, 1.807) is 12.1 Å². The highest BCUT2D eigenvalue weighted by atomic mass is 35.5. The summed E-state index contributed by atoms with van der Waals surface area (Å²) in [6.45, 7) is 0.379. The summed E-state index contributed by atoms with van der Waals surface area (Å²) in [5, 5.41) is 8.88. The Morgan fingerprint density at radius 1 is 1.31 bits per heavy atom. The zero-order valence-corrected chi connectivity index (χ0v) is 7.93. The van der Waals surface area contributed by atoms with Crippen LogP contribution in [0.3, 0.4) is 0 Å². The number of aliphatic hydroxyl groups is 1. The van der Waals surface area contributed by atoms with Crippen LogP contribution in [0.2, 0.25) is 0 Å². The Morgan fingerprint density at radius 3 is 2.23 bits per heavy atom. The normalized spacial score (nSPS) is 11.9. The summed E-state index contributed by atoms with van der Waals surface area (Å²) in [5.74, 6) is -0.349. The Morgan fingerprint density at radius 2 is 1.85 bits per heavy atom. The minimum atomic E-state index is -0.271. The zero-order valence-electron chi connectivity index (χ0n) is 7.11. The highest BCUT2D eigenvalue weighted by Crippen LogP contribution is 2.13. The Labute approximate surface area is 83.0 Å². The highest BCUT2D eigenvalue weighted by molar-refractivity contribution is 5.85. The van der Waals surface area contributed by atoms with Gasteiger partial charge in [-0.3, -0.25) is 0 Å². The number of halogens is 2. The number of benzene rings is 1. The predicted octanol–water partition coefficient (Wildman–Crippen LogP) is 1.28. The van der Waals surface area contributed by atoms with Crippen LogP contribution in [-0.2, 0) is 0 Å². The lowest BCUT2D eigenvalue weighted by Gasteiger charge is -2.10. The van der Waals surface area contributed by atoms with Crippen molar-refractivity contribution >= 4 is 12.4 Å². The van der Waals surface area contributed by atoms with Crippen molar-refractivity contribution in [2.45, 2.75) is 5.92 Å². The van der Waals surface area contributed by atoms with E-state index in [0.29, 0.717) is 6.54 Å². The molecule has 1 aromatic carbocycles. The second-order valence-corrected chi connectivity index (χ2v) is 2.67. The number of aliphatic hydroxyl groups excluding tert-OH is 1. The van der Waals surface area contributed by atoms with E-state index in [4.69, 9.17) is 10.8 Å². The molecule has 1 rings (SSSR count). The van der Waals surface area contributed by atoms with Crippen molar-refractivity contribution in [2.24, 2.45) is 5.73 Å². The Hall–Kier alpha value is -0.640. The summed E-state index contributed by atoms with van der Waals surface area (Å²) in [4.78, 5) is 0. The van der Waals surface area contributed by atoms with Gasteiger partial charge in [-0.15, -0.1) is 12.4 Å². The fourth-order valence-corrected chi connectivity index (χ4v) is 1.05. The first-order chi connectivity index (χ1) is 5.77. The molecule has 74 valence electrons. The van der Waals surface area contributed by atoms with E-state index in [-0.39, 0.29) is 30.7 Å². The summed E-state index contributed by atoms with van der Waals surface area (Å²) in [5.41, 5.74) is 6.28. The highest BCUT2D eigenvalue weighted by Gasteiger charge is 2.06. The van der Waals surface area contributed by atoms with E-state index >= 15 is 0 Å². The average molecular weight is 206 g/mol. The first kappa shape index (κ1) is 12.4. The van der Waals surface area contributed by atoms with Gasteiger partial charge in [-0.25, -0.2) is 4.39 Å². The van der Waals surface area contributed by atoms with Crippen LogP contribution < -0.4 is 5.73 Å². The lowest BCUT2D eigenvalue weighted by atomic mass is 10.0. The zero-order chi connectivity index (χ0) is 8.97. The van der Waals surface area contributed by atoms with Crippen LogP contribution in [0.1, 0.15) is 11.5 Å². The van der Waals surface area contributed by atoms with Gasteiger partial charge >= 0.3 is 0 Å². The fourth-order valence-electron chi connectivity index (χ4n) is 1.05. The topological polar surface area (TPSA) is 46.2 Å². The molecule has 0 saturated carbocycles. The molecule has 0 aliphatic carbocycles. The molecule has 1 atom stereocenters. The molecule has 0 heterocycles. The van der Waals surface area contributed by atoms with E-state index in [1.165, 1.54) is 12.1 Å². The SMILES string of the molecule is Cl.NC[C@@H](CO)c1ccc(F)cc1. The van der Waals surface area contributed by atoms with E-state index in [1.807, 2.05) is 0 Å². The number of hydrogen-bond acceptors (Lipinski definition) is 2. The summed E-state index contributed by atoms with van der Waals surface area (Å²) >= 11 is 0. The maximum atomic E-state index is 12.5. The molecule has 13 heavy (non-hydrogen) atoms. The molecule has 0 bridgehead atoms. The van der Waals surface area contributed by atoms with Crippen LogP contribution in [-0.4, -0.2) is 18.3 Å². The summed E-state index contributed by atoms with van der Waals surface area (Å²) < 4.78 is 12.5. The molecule has 0 aromatic heterocycles. The average Bonchev–Trinajstić information content (AvgIpc) is 2.10. The van der Waals surface area contributed by atoms with Crippen LogP contribution in [0, 0.1) is 5.82 Å². The first-order valence-electron chi connectivity index (χ1n) is 3.84. The molecule has 2 nitrogen and oxygen atoms in total. The van der Waals surface area contributed by atoms with Gasteiger partial charge in [0.2, 0.25) is 0 Å². The van der Waals surface area contributed by atoms with Crippen molar-refractivity contribution in [3.05, 3.63) is 35.6 Å². The van der Waals surface area contributed by atoms with Crippen molar-refractivity contribution in [3.63, 3.8) is 0 Å². The van der Waals surface area contributed by atoms with Gasteiger partial charge in [0.05, 0.1) is 6.61 Å². The standard InChI is InChI=1S/C9H12FNO.ClH/c10-9-3-1-7(2-4-9)8(5-11)6-12;/h1-4,8,12H,5-6,11H2;1H/t8-;/m0./s1. The summed E-state index contributed by atoms with van der Waals surface area (Å²) in [6.07, 6.45) is 0. The van der Waals surface area contributed by atoms with Crippen LogP contribution in [0.4, 0.5) is 4.39 Å². The lowest BCUT2D eigenvalue weighted by Crippen LogP contribution is -2.15. The van der Waals surface area contributed by atoms with Gasteiger partial charge in [-0.1, -0.05) is 12.1 Å². The molecule has 0 spiro atoms. The Bertz CT molecular complexity index is 236. The monoisotopic (exact) mass is 205 g/mol. The third-order valence-corrected chi connectivity index (χ3v) is 1.85. The number of hydrogen-bond donors (Lipinski definition) is 2. The minimum Gasteiger partial charge on any atom is -0.396 e. The maximum Gasteiger partial charge on any atom is 0.123 e. The van der Waals surface area contributed by atoms with Crippen molar-refractivity contribution in [2.75, 3.05) is 13.2 Å². The van der Waals surface area contributed by atoms with E-state index in [2.05, 4.69) is 0 Å². The van der Waals surface area contributed by atoms with Crippen molar-refractivity contribution in [1.29, 1.82) is 0 Å². The molecular weight excluding hydrogens is 193 g/mol. The summed E-state index contributed by atoms with van der Waals surface area (Å²) in [6, 6.07) is 6.02. The van der Waals surface area contributed by atoms with Gasteiger partial charge in [0.1, 0.15) is 5.82 Å². The largest absolute Gasteiger partial charge is 0.396 e. The molecule has 0 radical (unpaired) electrons. The van der Waals surface area contributed by atoms with Crippen LogP contribution in [0.15, 0.2) is 24.3 Å². The third-order valence-electron chi connectivity index (χ3n) is 1.85. The van der Waals surface area contributed by atoms with Crippen molar-refractivity contribution in [1.82, 2.24) is 0 Å². The molecule has 0 aliphatic rings. The van der Waals surface area contributed by atoms with E-state index < -0.39 is 0 Å². The van der Waals surface area contributed by atoms with Gasteiger partial charge in [-0.2, -0.15) is 0 Å². The molecule has 4 heteroatoms. The second kappa shape index (κ2) is 5.91. The van der Waals surface area contributed by atoms with Crippen LogP contribution in [0.5, 0.6) is 0 Å². The molecule has 0 saturated heterocycles. The van der Waals surface area contributed by atoms with Crippen molar-refractivity contribution in [3.8, 4) is 0 Å². The fraction of sp³-hybridized carbons (Fsp3) is 0.333. The summed E-state index contributed by atoms with van der Waals surface area (Å²) in [7, 11) is 0. The van der Waals surface area contributed by atoms with Crippen molar-refractivity contribution < 1.29 is 9.50 Å².